The maximum absolute atomic E-state index is 12.7. The van der Waals surface area contributed by atoms with Crippen LogP contribution in [-0.4, -0.2) is 28.1 Å². The van der Waals surface area contributed by atoms with Gasteiger partial charge in [0.1, 0.15) is 18.2 Å². The van der Waals surface area contributed by atoms with Gasteiger partial charge < -0.3 is 10.1 Å². The molecule has 6 nitrogen and oxygen atoms in total. The average molecular weight is 309 g/mol. The van der Waals surface area contributed by atoms with Gasteiger partial charge in [-0.1, -0.05) is 0 Å². The number of nitrogens with zero attached hydrogens (tertiary/aromatic N) is 4. The van der Waals surface area contributed by atoms with Crippen molar-refractivity contribution in [1.82, 2.24) is 15.0 Å². The second-order valence-corrected chi connectivity index (χ2v) is 3.99. The first-order valence-electron chi connectivity index (χ1n) is 6.12. The van der Waals surface area contributed by atoms with Crippen molar-refractivity contribution >= 4 is 5.82 Å². The van der Waals surface area contributed by atoms with Crippen molar-refractivity contribution in [3.8, 4) is 11.9 Å². The Morgan fingerprint density at radius 2 is 1.95 bits per heavy atom. The minimum atomic E-state index is -4.53. The van der Waals surface area contributed by atoms with E-state index in [1.54, 1.807) is 0 Å². The SMILES string of the molecule is N#Cc1nccnc1NCCOc1ncccc1C(F)(F)F. The van der Waals surface area contributed by atoms with E-state index in [-0.39, 0.29) is 24.7 Å². The zero-order valence-electron chi connectivity index (χ0n) is 11.1. The molecule has 0 bridgehead atoms. The third kappa shape index (κ3) is 3.82. The first kappa shape index (κ1) is 15.5. The van der Waals surface area contributed by atoms with E-state index in [9.17, 15) is 13.2 Å². The van der Waals surface area contributed by atoms with Crippen molar-refractivity contribution in [2.24, 2.45) is 0 Å². The molecule has 0 aliphatic rings. The number of alkyl halides is 3. The molecule has 0 atom stereocenters. The number of halogens is 3. The van der Waals surface area contributed by atoms with Gasteiger partial charge in [0.15, 0.2) is 11.5 Å². The first-order chi connectivity index (χ1) is 10.5. The van der Waals surface area contributed by atoms with Gasteiger partial charge in [-0.2, -0.15) is 18.4 Å². The number of pyridine rings is 1. The fraction of sp³-hybridized carbons (Fsp3) is 0.231. The molecule has 0 unspecified atom stereocenters. The summed E-state index contributed by atoms with van der Waals surface area (Å²) >= 11 is 0. The molecule has 0 saturated carbocycles. The van der Waals surface area contributed by atoms with Gasteiger partial charge in [-0.3, -0.25) is 0 Å². The van der Waals surface area contributed by atoms with Gasteiger partial charge in [0.2, 0.25) is 5.88 Å². The van der Waals surface area contributed by atoms with Crippen LogP contribution in [0, 0.1) is 11.3 Å². The van der Waals surface area contributed by atoms with Crippen LogP contribution in [0.4, 0.5) is 19.0 Å². The maximum Gasteiger partial charge on any atom is 0.421 e. The number of anilines is 1. The number of hydrogen-bond donors (Lipinski definition) is 1. The lowest BCUT2D eigenvalue weighted by Gasteiger charge is -2.12. The number of aromatic nitrogens is 3. The third-order valence-electron chi connectivity index (χ3n) is 2.51. The number of ether oxygens (including phenoxy) is 1. The average Bonchev–Trinajstić information content (AvgIpc) is 2.51. The summed E-state index contributed by atoms with van der Waals surface area (Å²) in [5, 5.41) is 11.6. The molecule has 9 heteroatoms. The van der Waals surface area contributed by atoms with E-state index in [2.05, 4.69) is 20.3 Å². The largest absolute Gasteiger partial charge is 0.475 e. The van der Waals surface area contributed by atoms with Gasteiger partial charge in [0.05, 0.1) is 6.54 Å². The van der Waals surface area contributed by atoms with Crippen LogP contribution in [0.15, 0.2) is 30.7 Å². The van der Waals surface area contributed by atoms with Gasteiger partial charge in [-0.15, -0.1) is 0 Å². The topological polar surface area (TPSA) is 83.7 Å². The quantitative estimate of drug-likeness (QED) is 0.853. The standard InChI is InChI=1S/C13H10F3N5O/c14-13(15,16)9-2-1-3-21-12(9)22-7-6-20-11-10(8-17)18-4-5-19-11/h1-5H,6-7H2,(H,19,20). The van der Waals surface area contributed by atoms with Crippen molar-refractivity contribution in [3.05, 3.63) is 42.0 Å². The Morgan fingerprint density at radius 3 is 2.68 bits per heavy atom. The molecule has 0 aromatic carbocycles. The highest BCUT2D eigenvalue weighted by Crippen LogP contribution is 2.34. The number of hydrogen-bond acceptors (Lipinski definition) is 6. The third-order valence-corrected chi connectivity index (χ3v) is 2.51. The Hall–Kier alpha value is -2.89. The Morgan fingerprint density at radius 1 is 1.18 bits per heavy atom. The van der Waals surface area contributed by atoms with Crippen LogP contribution in [0.1, 0.15) is 11.3 Å². The van der Waals surface area contributed by atoms with Crippen molar-refractivity contribution in [3.63, 3.8) is 0 Å². The summed E-state index contributed by atoms with van der Waals surface area (Å²) in [6, 6.07) is 3.93. The number of nitriles is 1. The Balaban J connectivity index is 1.94. The highest BCUT2D eigenvalue weighted by molar-refractivity contribution is 5.46. The smallest absolute Gasteiger partial charge is 0.421 e. The molecular weight excluding hydrogens is 299 g/mol. The molecule has 0 aliphatic carbocycles. The highest BCUT2D eigenvalue weighted by atomic mass is 19.4. The summed E-state index contributed by atoms with van der Waals surface area (Å²) in [6.45, 7) is 0.0583. The van der Waals surface area contributed by atoms with Crippen LogP contribution in [0.3, 0.4) is 0 Å². The molecule has 1 N–H and O–H groups in total. The van der Waals surface area contributed by atoms with Crippen LogP contribution in [0.5, 0.6) is 5.88 Å². The maximum atomic E-state index is 12.7. The highest BCUT2D eigenvalue weighted by Gasteiger charge is 2.34. The Labute approximate surface area is 123 Å². The van der Waals surface area contributed by atoms with E-state index < -0.39 is 17.6 Å². The van der Waals surface area contributed by atoms with E-state index in [1.165, 1.54) is 24.7 Å². The van der Waals surface area contributed by atoms with Crippen LogP contribution >= 0.6 is 0 Å². The number of rotatable bonds is 5. The summed E-state index contributed by atoms with van der Waals surface area (Å²) in [5.74, 6) is -0.248. The number of nitrogens with one attached hydrogen (secondary N) is 1. The van der Waals surface area contributed by atoms with E-state index in [1.807, 2.05) is 6.07 Å². The van der Waals surface area contributed by atoms with E-state index in [4.69, 9.17) is 10.00 Å². The summed E-state index contributed by atoms with van der Waals surface area (Å²) in [4.78, 5) is 11.3. The van der Waals surface area contributed by atoms with Crippen LogP contribution in [-0.2, 0) is 6.18 Å². The van der Waals surface area contributed by atoms with Crippen molar-refractivity contribution in [1.29, 1.82) is 5.26 Å². The second-order valence-electron chi connectivity index (χ2n) is 3.99. The van der Waals surface area contributed by atoms with Crippen molar-refractivity contribution < 1.29 is 17.9 Å². The molecular formula is C13H10F3N5O. The van der Waals surface area contributed by atoms with Gasteiger partial charge >= 0.3 is 6.18 Å². The monoisotopic (exact) mass is 309 g/mol. The fourth-order valence-corrected chi connectivity index (χ4v) is 1.59. The summed E-state index contributed by atoms with van der Waals surface area (Å²) < 4.78 is 43.2. The van der Waals surface area contributed by atoms with Crippen molar-refractivity contribution in [2.75, 3.05) is 18.5 Å². The lowest BCUT2D eigenvalue weighted by molar-refractivity contribution is -0.139. The molecule has 22 heavy (non-hydrogen) atoms. The molecule has 0 aliphatic heterocycles. The molecule has 0 spiro atoms. The predicted molar refractivity (Wildman–Crippen MR) is 70.0 cm³/mol. The summed E-state index contributed by atoms with van der Waals surface area (Å²) in [7, 11) is 0. The van der Waals surface area contributed by atoms with Gasteiger partial charge in [-0.25, -0.2) is 15.0 Å². The van der Waals surface area contributed by atoms with Crippen molar-refractivity contribution in [2.45, 2.75) is 6.18 Å². The molecule has 114 valence electrons. The minimum Gasteiger partial charge on any atom is -0.475 e. The molecule has 2 heterocycles. The van der Waals surface area contributed by atoms with Gasteiger partial charge in [-0.05, 0) is 12.1 Å². The molecule has 0 fully saturated rings. The zero-order valence-corrected chi connectivity index (χ0v) is 11.1. The van der Waals surface area contributed by atoms with E-state index >= 15 is 0 Å². The fourth-order valence-electron chi connectivity index (χ4n) is 1.59. The van der Waals surface area contributed by atoms with Crippen LogP contribution in [0.25, 0.3) is 0 Å². The predicted octanol–water partition coefficient (Wildman–Crippen LogP) is 2.25. The second kappa shape index (κ2) is 6.71. The molecule has 2 aromatic heterocycles. The molecule has 2 aromatic rings. The van der Waals surface area contributed by atoms with E-state index in [0.717, 1.165) is 6.07 Å². The lowest BCUT2D eigenvalue weighted by atomic mass is 10.2. The molecule has 2 rings (SSSR count). The zero-order chi connectivity index (χ0) is 16.0. The summed E-state index contributed by atoms with van der Waals surface area (Å²) in [6.07, 6.45) is -0.557. The summed E-state index contributed by atoms with van der Waals surface area (Å²) in [5.41, 5.74) is -0.844. The first-order valence-corrected chi connectivity index (χ1v) is 6.12. The Bertz CT molecular complexity index is 684. The van der Waals surface area contributed by atoms with E-state index in [0.29, 0.717) is 0 Å². The lowest BCUT2D eigenvalue weighted by Crippen LogP contribution is -2.16. The van der Waals surface area contributed by atoms with Crippen LogP contribution < -0.4 is 10.1 Å². The van der Waals surface area contributed by atoms with Gasteiger partial charge in [0.25, 0.3) is 0 Å². The minimum absolute atomic E-state index is 0.0818. The van der Waals surface area contributed by atoms with Gasteiger partial charge in [0, 0.05) is 18.6 Å². The Kier molecular flexibility index (Phi) is 4.73. The molecule has 0 saturated heterocycles. The molecule has 0 radical (unpaired) electrons. The normalized spacial score (nSPS) is 10.8. The van der Waals surface area contributed by atoms with Crippen LogP contribution in [0.2, 0.25) is 0 Å². The molecule has 0 amide bonds.